The van der Waals surface area contributed by atoms with E-state index in [0.717, 1.165) is 45.0 Å². The molecule has 0 radical (unpaired) electrons. The van der Waals surface area contributed by atoms with E-state index in [2.05, 4.69) is 43.2 Å². The summed E-state index contributed by atoms with van der Waals surface area (Å²) in [7, 11) is 1.90. The summed E-state index contributed by atoms with van der Waals surface area (Å²) in [6.07, 6.45) is 3.44. The van der Waals surface area contributed by atoms with Crippen molar-refractivity contribution in [2.24, 2.45) is 12.0 Å². The predicted octanol–water partition coefficient (Wildman–Crippen LogP) is 3.45. The average molecular weight is 422 g/mol. The number of nitrogens with one attached hydrogen (secondary N) is 2. The second kappa shape index (κ2) is 7.82. The zero-order chi connectivity index (χ0) is 22.2. The van der Waals surface area contributed by atoms with Gasteiger partial charge in [0.2, 0.25) is 0 Å². The van der Waals surface area contributed by atoms with E-state index < -0.39 is 0 Å². The predicted molar refractivity (Wildman–Crippen MR) is 123 cm³/mol. The van der Waals surface area contributed by atoms with Crippen molar-refractivity contribution < 1.29 is 4.79 Å². The summed E-state index contributed by atoms with van der Waals surface area (Å²) in [4.78, 5) is 29.4. The first-order valence-electron chi connectivity index (χ1n) is 10.4. The quantitative estimate of drug-likeness (QED) is 0.496. The molecule has 4 aromatic rings. The third-order valence-electron chi connectivity index (χ3n) is 5.57. The molecule has 0 fully saturated rings. The summed E-state index contributed by atoms with van der Waals surface area (Å²) in [5, 5.41) is 3.03. The minimum atomic E-state index is -0.250. The Labute approximate surface area is 185 Å². The highest BCUT2D eigenvalue weighted by atomic mass is 16.1. The van der Waals surface area contributed by atoms with Crippen LogP contribution >= 0.6 is 0 Å². The Balaban J connectivity index is 1.31. The van der Waals surface area contributed by atoms with Crippen molar-refractivity contribution in [3.8, 4) is 11.8 Å². The Morgan fingerprint density at radius 1 is 1.22 bits per heavy atom. The normalized spacial score (nSPS) is 13.3. The van der Waals surface area contributed by atoms with Crippen molar-refractivity contribution in [3.05, 3.63) is 82.7 Å². The SMILES string of the molecule is Cc1ccc2nc(C(C)NC(=O)c3ccc4c(c3)CN=C4C#Cc3cncn3C)[nH]c2c1. The second-order valence-electron chi connectivity index (χ2n) is 8.01. The second-order valence-corrected chi connectivity index (χ2v) is 8.01. The fourth-order valence-electron chi connectivity index (χ4n) is 3.75. The Hall–Kier alpha value is -4.18. The number of H-pyrrole nitrogens is 1. The summed E-state index contributed by atoms with van der Waals surface area (Å²) in [5.41, 5.74) is 7.14. The molecular weight excluding hydrogens is 400 g/mol. The standard InChI is InChI=1S/C25H22N6O/c1-15-4-8-22-23(10-15)30-24(29-22)16(2)28-25(32)17-5-7-20-18(11-17)12-27-21(20)9-6-19-13-26-14-31(19)3/h4-5,7-8,10-11,13-14,16H,12H2,1-3H3,(H,28,32)(H,29,30). The molecule has 0 aliphatic carbocycles. The zero-order valence-electron chi connectivity index (χ0n) is 18.1. The molecule has 158 valence electrons. The molecule has 1 aliphatic heterocycles. The van der Waals surface area contributed by atoms with Crippen LogP contribution in [0.1, 0.15) is 51.5 Å². The van der Waals surface area contributed by atoms with Crippen LogP contribution in [0, 0.1) is 18.8 Å². The van der Waals surface area contributed by atoms with Crippen LogP contribution in [-0.4, -0.2) is 31.1 Å². The summed E-state index contributed by atoms with van der Waals surface area (Å²) >= 11 is 0. The average Bonchev–Trinajstić information content (AvgIpc) is 3.49. The van der Waals surface area contributed by atoms with E-state index in [0.29, 0.717) is 12.1 Å². The van der Waals surface area contributed by atoms with Gasteiger partial charge in [-0.2, -0.15) is 0 Å². The zero-order valence-corrected chi connectivity index (χ0v) is 18.1. The Bertz CT molecular complexity index is 1450. The minimum absolute atomic E-state index is 0.147. The first-order chi connectivity index (χ1) is 15.5. The minimum Gasteiger partial charge on any atom is -0.342 e. The van der Waals surface area contributed by atoms with Crippen LogP contribution in [0.25, 0.3) is 11.0 Å². The number of benzene rings is 2. The molecule has 1 unspecified atom stereocenters. The molecule has 0 saturated carbocycles. The number of hydrogen-bond donors (Lipinski definition) is 2. The fourth-order valence-corrected chi connectivity index (χ4v) is 3.75. The van der Waals surface area contributed by atoms with Crippen LogP contribution in [-0.2, 0) is 13.6 Å². The van der Waals surface area contributed by atoms with E-state index >= 15 is 0 Å². The fraction of sp³-hybridized carbons (Fsp3) is 0.200. The van der Waals surface area contributed by atoms with Gasteiger partial charge >= 0.3 is 0 Å². The number of carbonyl (C=O) groups is 1. The van der Waals surface area contributed by atoms with Gasteiger partial charge in [0.05, 0.1) is 36.1 Å². The molecule has 2 aromatic carbocycles. The monoisotopic (exact) mass is 422 g/mol. The lowest BCUT2D eigenvalue weighted by atomic mass is 10.0. The number of aromatic amines is 1. The van der Waals surface area contributed by atoms with Gasteiger partial charge in [-0.05, 0) is 61.1 Å². The van der Waals surface area contributed by atoms with E-state index in [1.165, 1.54) is 0 Å². The molecule has 7 nitrogen and oxygen atoms in total. The van der Waals surface area contributed by atoms with Crippen molar-refractivity contribution >= 4 is 22.7 Å². The van der Waals surface area contributed by atoms with E-state index in [1.807, 2.05) is 55.8 Å². The molecule has 0 spiro atoms. The van der Waals surface area contributed by atoms with Crippen molar-refractivity contribution in [2.45, 2.75) is 26.4 Å². The largest absolute Gasteiger partial charge is 0.342 e. The van der Waals surface area contributed by atoms with Gasteiger partial charge in [-0.3, -0.25) is 9.79 Å². The molecule has 3 heterocycles. The van der Waals surface area contributed by atoms with E-state index in [-0.39, 0.29) is 11.9 Å². The van der Waals surface area contributed by atoms with Crippen LogP contribution in [0.5, 0.6) is 0 Å². The van der Waals surface area contributed by atoms with Crippen molar-refractivity contribution in [1.29, 1.82) is 0 Å². The Morgan fingerprint density at radius 3 is 2.91 bits per heavy atom. The van der Waals surface area contributed by atoms with Gasteiger partial charge in [0.25, 0.3) is 5.91 Å². The molecule has 1 atom stereocenters. The molecule has 7 heteroatoms. The van der Waals surface area contributed by atoms with Gasteiger partial charge in [0, 0.05) is 18.2 Å². The Kier molecular flexibility index (Phi) is 4.83. The van der Waals surface area contributed by atoms with Gasteiger partial charge in [-0.15, -0.1) is 0 Å². The molecular formula is C25H22N6O. The third-order valence-corrected chi connectivity index (χ3v) is 5.57. The number of hydrogen-bond acceptors (Lipinski definition) is 4. The summed E-state index contributed by atoms with van der Waals surface area (Å²) in [6.45, 7) is 4.48. The van der Waals surface area contributed by atoms with E-state index in [4.69, 9.17) is 0 Å². The van der Waals surface area contributed by atoms with Crippen LogP contribution in [0.4, 0.5) is 0 Å². The highest BCUT2D eigenvalue weighted by Crippen LogP contribution is 2.22. The molecule has 2 N–H and O–H groups in total. The number of carbonyl (C=O) groups excluding carboxylic acids is 1. The maximum Gasteiger partial charge on any atom is 0.251 e. The highest BCUT2D eigenvalue weighted by Gasteiger charge is 2.19. The number of aryl methyl sites for hydroxylation is 2. The lowest BCUT2D eigenvalue weighted by Gasteiger charge is -2.12. The van der Waals surface area contributed by atoms with Crippen molar-refractivity contribution in [2.75, 3.05) is 0 Å². The summed E-state index contributed by atoms with van der Waals surface area (Å²) < 4.78 is 1.86. The van der Waals surface area contributed by atoms with Crippen LogP contribution in [0.3, 0.4) is 0 Å². The van der Waals surface area contributed by atoms with Gasteiger partial charge in [-0.25, -0.2) is 9.97 Å². The van der Waals surface area contributed by atoms with Gasteiger partial charge in [0.15, 0.2) is 0 Å². The van der Waals surface area contributed by atoms with E-state index in [1.54, 1.807) is 12.5 Å². The topological polar surface area (TPSA) is 88.0 Å². The van der Waals surface area contributed by atoms with Gasteiger partial charge in [-0.1, -0.05) is 12.1 Å². The van der Waals surface area contributed by atoms with E-state index in [9.17, 15) is 4.79 Å². The van der Waals surface area contributed by atoms with Crippen LogP contribution < -0.4 is 5.32 Å². The maximum absolute atomic E-state index is 12.9. The number of fused-ring (bicyclic) bond motifs is 2. The lowest BCUT2D eigenvalue weighted by Crippen LogP contribution is -2.27. The number of aliphatic imine (C=N–C) groups is 1. The first kappa shape index (κ1) is 19.8. The number of rotatable bonds is 3. The maximum atomic E-state index is 12.9. The number of aromatic nitrogens is 4. The smallest absolute Gasteiger partial charge is 0.251 e. The first-order valence-corrected chi connectivity index (χ1v) is 10.4. The summed E-state index contributed by atoms with van der Waals surface area (Å²) in [6, 6.07) is 11.4. The molecule has 5 rings (SSSR count). The summed E-state index contributed by atoms with van der Waals surface area (Å²) in [5.74, 6) is 6.81. The van der Waals surface area contributed by atoms with Crippen LogP contribution in [0.15, 0.2) is 53.9 Å². The van der Waals surface area contributed by atoms with Crippen molar-refractivity contribution in [3.63, 3.8) is 0 Å². The number of imidazole rings is 2. The van der Waals surface area contributed by atoms with Gasteiger partial charge in [0.1, 0.15) is 17.2 Å². The molecule has 1 aliphatic rings. The third kappa shape index (κ3) is 3.67. The highest BCUT2D eigenvalue weighted by molar-refractivity contribution is 6.15. The van der Waals surface area contributed by atoms with Gasteiger partial charge < -0.3 is 14.9 Å². The molecule has 1 amide bonds. The lowest BCUT2D eigenvalue weighted by molar-refractivity contribution is 0.0938. The molecule has 2 aromatic heterocycles. The molecule has 0 bridgehead atoms. The Morgan fingerprint density at radius 2 is 2.09 bits per heavy atom. The number of amides is 1. The van der Waals surface area contributed by atoms with Crippen LogP contribution in [0.2, 0.25) is 0 Å². The van der Waals surface area contributed by atoms with Crippen molar-refractivity contribution in [1.82, 2.24) is 24.8 Å². The number of nitrogens with zero attached hydrogens (tertiary/aromatic N) is 4. The molecule has 0 saturated heterocycles. The molecule has 32 heavy (non-hydrogen) atoms.